The molecule has 1 aliphatic rings. The Labute approximate surface area is 87.9 Å². The lowest BCUT2D eigenvalue weighted by molar-refractivity contribution is 0.0652. The van der Waals surface area contributed by atoms with Crippen molar-refractivity contribution in [2.24, 2.45) is 0 Å². The maximum Gasteiger partial charge on any atom is 0.254 e. The SMILES string of the molecule is CN(C(=O)c1cc[nH]c(=O)c1)C1CCC1. The Morgan fingerprint density at radius 1 is 1.53 bits per heavy atom. The summed E-state index contributed by atoms with van der Waals surface area (Å²) in [5.74, 6) is -0.0641. The van der Waals surface area contributed by atoms with Crippen LogP contribution >= 0.6 is 0 Å². The number of hydrogen-bond donors (Lipinski definition) is 1. The van der Waals surface area contributed by atoms with E-state index < -0.39 is 0 Å². The molecule has 0 unspecified atom stereocenters. The zero-order valence-corrected chi connectivity index (χ0v) is 8.69. The maximum atomic E-state index is 11.9. The highest BCUT2D eigenvalue weighted by atomic mass is 16.2. The van der Waals surface area contributed by atoms with Gasteiger partial charge in [0.15, 0.2) is 0 Å². The van der Waals surface area contributed by atoms with Crippen LogP contribution in [0.2, 0.25) is 0 Å². The summed E-state index contributed by atoms with van der Waals surface area (Å²) < 4.78 is 0. The highest BCUT2D eigenvalue weighted by Crippen LogP contribution is 2.24. The number of H-pyrrole nitrogens is 1. The summed E-state index contributed by atoms with van der Waals surface area (Å²) in [6, 6.07) is 3.34. The van der Waals surface area contributed by atoms with Gasteiger partial charge in [0, 0.05) is 30.9 Å². The van der Waals surface area contributed by atoms with Crippen molar-refractivity contribution in [1.82, 2.24) is 9.88 Å². The van der Waals surface area contributed by atoms with Crippen molar-refractivity contribution >= 4 is 5.91 Å². The van der Waals surface area contributed by atoms with Crippen molar-refractivity contribution in [2.45, 2.75) is 25.3 Å². The Hall–Kier alpha value is -1.58. The molecule has 1 amide bonds. The molecule has 1 saturated carbocycles. The van der Waals surface area contributed by atoms with Crippen molar-refractivity contribution in [3.63, 3.8) is 0 Å². The van der Waals surface area contributed by atoms with E-state index in [9.17, 15) is 9.59 Å². The molecule has 80 valence electrons. The van der Waals surface area contributed by atoms with Gasteiger partial charge in [0.1, 0.15) is 0 Å². The number of carbonyl (C=O) groups excluding carboxylic acids is 1. The quantitative estimate of drug-likeness (QED) is 0.784. The number of nitrogens with zero attached hydrogens (tertiary/aromatic N) is 1. The predicted octanol–water partition coefficient (Wildman–Crippen LogP) is 0.999. The summed E-state index contributed by atoms with van der Waals surface area (Å²) in [6.07, 6.45) is 4.85. The molecule has 0 aromatic carbocycles. The van der Waals surface area contributed by atoms with E-state index in [4.69, 9.17) is 0 Å². The molecule has 2 rings (SSSR count). The zero-order valence-electron chi connectivity index (χ0n) is 8.69. The normalized spacial score (nSPS) is 15.8. The molecule has 4 heteroatoms. The number of aromatic nitrogens is 1. The first-order valence-electron chi connectivity index (χ1n) is 5.14. The number of amides is 1. The minimum absolute atomic E-state index is 0.0641. The minimum Gasteiger partial charge on any atom is -0.339 e. The summed E-state index contributed by atoms with van der Waals surface area (Å²) in [6.45, 7) is 0. The van der Waals surface area contributed by atoms with Crippen LogP contribution in [0.3, 0.4) is 0 Å². The second-order valence-electron chi connectivity index (χ2n) is 3.94. The van der Waals surface area contributed by atoms with Gasteiger partial charge in [-0.1, -0.05) is 0 Å². The molecule has 1 aromatic heterocycles. The van der Waals surface area contributed by atoms with E-state index in [2.05, 4.69) is 4.98 Å². The van der Waals surface area contributed by atoms with E-state index >= 15 is 0 Å². The molecule has 0 atom stereocenters. The van der Waals surface area contributed by atoms with Crippen molar-refractivity contribution in [1.29, 1.82) is 0 Å². The van der Waals surface area contributed by atoms with E-state index in [-0.39, 0.29) is 11.5 Å². The van der Waals surface area contributed by atoms with E-state index in [0.717, 1.165) is 12.8 Å². The fourth-order valence-corrected chi connectivity index (χ4v) is 1.72. The van der Waals surface area contributed by atoms with Gasteiger partial charge in [-0.15, -0.1) is 0 Å². The lowest BCUT2D eigenvalue weighted by Gasteiger charge is -2.34. The standard InChI is InChI=1S/C11H14N2O2/c1-13(9-3-2-4-9)11(15)8-5-6-12-10(14)7-8/h5-7,9H,2-4H2,1H3,(H,12,14). The van der Waals surface area contributed by atoms with Crippen molar-refractivity contribution in [3.8, 4) is 0 Å². The van der Waals surface area contributed by atoms with Crippen LogP contribution < -0.4 is 5.56 Å². The molecule has 1 heterocycles. The van der Waals surface area contributed by atoms with E-state index in [1.54, 1.807) is 18.0 Å². The second-order valence-corrected chi connectivity index (χ2v) is 3.94. The molecule has 0 saturated heterocycles. The average Bonchev–Trinajstić information content (AvgIpc) is 2.14. The largest absolute Gasteiger partial charge is 0.339 e. The van der Waals surface area contributed by atoms with Crippen LogP contribution in [0.15, 0.2) is 23.1 Å². The summed E-state index contributed by atoms with van der Waals surface area (Å²) in [7, 11) is 1.80. The molecular formula is C11H14N2O2. The number of hydrogen-bond acceptors (Lipinski definition) is 2. The van der Waals surface area contributed by atoms with Crippen molar-refractivity contribution < 1.29 is 4.79 Å². The highest BCUT2D eigenvalue weighted by molar-refractivity contribution is 5.94. The molecule has 1 aliphatic carbocycles. The third kappa shape index (κ3) is 1.93. The Bertz CT molecular complexity index is 421. The first-order valence-corrected chi connectivity index (χ1v) is 5.14. The lowest BCUT2D eigenvalue weighted by atomic mass is 9.91. The van der Waals surface area contributed by atoms with Gasteiger partial charge in [0.05, 0.1) is 0 Å². The van der Waals surface area contributed by atoms with Gasteiger partial charge in [0.2, 0.25) is 5.56 Å². The Balaban J connectivity index is 2.16. The third-order valence-corrected chi connectivity index (χ3v) is 2.96. The summed E-state index contributed by atoms with van der Waals surface area (Å²) >= 11 is 0. The molecule has 0 bridgehead atoms. The van der Waals surface area contributed by atoms with Crippen molar-refractivity contribution in [2.75, 3.05) is 7.05 Å². The van der Waals surface area contributed by atoms with Crippen LogP contribution in [0.5, 0.6) is 0 Å². The summed E-state index contributed by atoms with van der Waals surface area (Å²) in [4.78, 5) is 27.2. The Kier molecular flexibility index (Phi) is 2.58. The van der Waals surface area contributed by atoms with Gasteiger partial charge in [-0.3, -0.25) is 9.59 Å². The summed E-state index contributed by atoms with van der Waals surface area (Å²) in [5, 5.41) is 0. The van der Waals surface area contributed by atoms with Gasteiger partial charge >= 0.3 is 0 Å². The lowest BCUT2D eigenvalue weighted by Crippen LogP contribution is -2.41. The number of aromatic amines is 1. The number of nitrogens with one attached hydrogen (secondary N) is 1. The second kappa shape index (κ2) is 3.88. The first-order chi connectivity index (χ1) is 7.18. The van der Waals surface area contributed by atoms with Crippen LogP contribution in [0.1, 0.15) is 29.6 Å². The fraction of sp³-hybridized carbons (Fsp3) is 0.455. The molecule has 0 aliphatic heterocycles. The molecular weight excluding hydrogens is 192 g/mol. The topological polar surface area (TPSA) is 53.2 Å². The summed E-state index contributed by atoms with van der Waals surface area (Å²) in [5.41, 5.74) is 0.232. The Morgan fingerprint density at radius 2 is 2.27 bits per heavy atom. The monoisotopic (exact) mass is 206 g/mol. The first kappa shape index (κ1) is 9.96. The smallest absolute Gasteiger partial charge is 0.254 e. The molecule has 1 fully saturated rings. The van der Waals surface area contributed by atoms with Crippen LogP contribution in [0.25, 0.3) is 0 Å². The average molecular weight is 206 g/mol. The Morgan fingerprint density at radius 3 is 2.80 bits per heavy atom. The molecule has 4 nitrogen and oxygen atoms in total. The van der Waals surface area contributed by atoms with Crippen LogP contribution in [0, 0.1) is 0 Å². The third-order valence-electron chi connectivity index (χ3n) is 2.96. The molecule has 0 spiro atoms. The zero-order chi connectivity index (χ0) is 10.8. The highest BCUT2D eigenvalue weighted by Gasteiger charge is 2.26. The van der Waals surface area contributed by atoms with Gasteiger partial charge in [-0.05, 0) is 25.3 Å². The predicted molar refractivity (Wildman–Crippen MR) is 56.8 cm³/mol. The van der Waals surface area contributed by atoms with Crippen LogP contribution in [-0.4, -0.2) is 28.9 Å². The molecule has 0 radical (unpaired) electrons. The van der Waals surface area contributed by atoms with Gasteiger partial charge < -0.3 is 9.88 Å². The van der Waals surface area contributed by atoms with Gasteiger partial charge in [0.25, 0.3) is 5.91 Å². The maximum absolute atomic E-state index is 11.9. The number of pyridine rings is 1. The minimum atomic E-state index is -0.233. The molecule has 15 heavy (non-hydrogen) atoms. The van der Waals surface area contributed by atoms with Crippen LogP contribution in [0.4, 0.5) is 0 Å². The number of carbonyl (C=O) groups is 1. The number of rotatable bonds is 2. The van der Waals surface area contributed by atoms with Gasteiger partial charge in [-0.2, -0.15) is 0 Å². The van der Waals surface area contributed by atoms with Gasteiger partial charge in [-0.25, -0.2) is 0 Å². The van der Waals surface area contributed by atoms with E-state index in [1.807, 2.05) is 0 Å². The van der Waals surface area contributed by atoms with E-state index in [1.165, 1.54) is 18.7 Å². The fourth-order valence-electron chi connectivity index (χ4n) is 1.72. The van der Waals surface area contributed by atoms with E-state index in [0.29, 0.717) is 11.6 Å². The molecule has 1 N–H and O–H groups in total. The van der Waals surface area contributed by atoms with Crippen molar-refractivity contribution in [3.05, 3.63) is 34.2 Å². The molecule has 1 aromatic rings. The van der Waals surface area contributed by atoms with Crippen LogP contribution in [-0.2, 0) is 0 Å².